The zero-order valence-corrected chi connectivity index (χ0v) is 11.0. The maximum Gasteiger partial charge on any atom is 0.305 e. The fraction of sp³-hybridized carbons (Fsp3) is 0.231. The summed E-state index contributed by atoms with van der Waals surface area (Å²) in [5.74, 6) is -0.877. The molecule has 0 aliphatic heterocycles. The second-order valence-electron chi connectivity index (χ2n) is 4.37. The van der Waals surface area contributed by atoms with Gasteiger partial charge in [0, 0.05) is 17.3 Å². The lowest BCUT2D eigenvalue weighted by Gasteiger charge is -2.06. The van der Waals surface area contributed by atoms with Crippen LogP contribution in [0.25, 0.3) is 0 Å². The van der Waals surface area contributed by atoms with E-state index < -0.39 is 16.4 Å². The molecule has 0 unspecified atom stereocenters. The molecular formula is C13H12FN3O3. The molecule has 2 rings (SSSR count). The highest BCUT2D eigenvalue weighted by atomic mass is 19.1. The van der Waals surface area contributed by atoms with Crippen molar-refractivity contribution < 1.29 is 14.1 Å². The average Bonchev–Trinajstić information content (AvgIpc) is 2.66. The highest BCUT2D eigenvalue weighted by Gasteiger charge is 2.19. The quantitative estimate of drug-likeness (QED) is 0.488. The number of halogens is 1. The monoisotopic (exact) mass is 277 g/mol. The minimum atomic E-state index is -0.877. The molecule has 2 aromatic rings. The molecule has 1 aromatic carbocycles. The van der Waals surface area contributed by atoms with Crippen molar-refractivity contribution in [1.29, 1.82) is 0 Å². The van der Waals surface area contributed by atoms with E-state index in [-0.39, 0.29) is 12.1 Å². The molecule has 0 spiro atoms. The zero-order chi connectivity index (χ0) is 14.9. The summed E-state index contributed by atoms with van der Waals surface area (Å²) in [6.45, 7) is 3.41. The van der Waals surface area contributed by atoms with E-state index >= 15 is 0 Å². The summed E-state index contributed by atoms with van der Waals surface area (Å²) < 4.78 is 15.4. The molecule has 1 heterocycles. The maximum atomic E-state index is 14.0. The molecule has 7 heteroatoms. The lowest BCUT2D eigenvalue weighted by Crippen LogP contribution is -2.07. The minimum Gasteiger partial charge on any atom is -0.298 e. The van der Waals surface area contributed by atoms with Crippen LogP contribution in [0.1, 0.15) is 27.3 Å². The van der Waals surface area contributed by atoms with E-state index in [4.69, 9.17) is 0 Å². The normalized spacial score (nSPS) is 10.6. The summed E-state index contributed by atoms with van der Waals surface area (Å²) in [6, 6.07) is 3.99. The molecule has 0 radical (unpaired) electrons. The SMILES string of the molecule is Cc1nn(Cc2cccc([N+](=O)[O-])c2F)c(C)c1C=O. The molecule has 0 saturated heterocycles. The lowest BCUT2D eigenvalue weighted by molar-refractivity contribution is -0.387. The molecule has 0 saturated carbocycles. The van der Waals surface area contributed by atoms with Crippen LogP contribution in [0.2, 0.25) is 0 Å². The summed E-state index contributed by atoms with van der Waals surface area (Å²) in [4.78, 5) is 20.8. The van der Waals surface area contributed by atoms with Crippen LogP contribution in [0, 0.1) is 29.8 Å². The van der Waals surface area contributed by atoms with Crippen LogP contribution in [0.4, 0.5) is 10.1 Å². The van der Waals surface area contributed by atoms with Gasteiger partial charge in [0.2, 0.25) is 5.82 Å². The van der Waals surface area contributed by atoms with Crippen LogP contribution < -0.4 is 0 Å². The van der Waals surface area contributed by atoms with Crippen molar-refractivity contribution in [2.45, 2.75) is 20.4 Å². The molecule has 0 bridgehead atoms. The van der Waals surface area contributed by atoms with Crippen molar-refractivity contribution in [3.63, 3.8) is 0 Å². The van der Waals surface area contributed by atoms with E-state index in [1.54, 1.807) is 13.8 Å². The number of aldehydes is 1. The van der Waals surface area contributed by atoms with Crippen LogP contribution in [-0.2, 0) is 6.54 Å². The molecule has 0 fully saturated rings. The Morgan fingerprint density at radius 2 is 2.15 bits per heavy atom. The standard InChI is InChI=1S/C13H12FN3O3/c1-8-11(7-18)9(2)16(15-8)6-10-4-3-5-12(13(10)14)17(19)20/h3-5,7H,6H2,1-2H3. The number of nitro groups is 1. The van der Waals surface area contributed by atoms with Crippen molar-refractivity contribution in [3.05, 3.63) is 56.6 Å². The number of nitro benzene ring substituents is 1. The summed E-state index contributed by atoms with van der Waals surface area (Å²) in [5, 5.41) is 14.8. The molecule has 0 amide bonds. The molecule has 1 aromatic heterocycles. The number of hydrogen-bond donors (Lipinski definition) is 0. The van der Waals surface area contributed by atoms with Gasteiger partial charge in [-0.3, -0.25) is 19.6 Å². The van der Waals surface area contributed by atoms with Gasteiger partial charge in [-0.2, -0.15) is 9.49 Å². The topological polar surface area (TPSA) is 78.0 Å². The Morgan fingerprint density at radius 3 is 2.70 bits per heavy atom. The Kier molecular flexibility index (Phi) is 3.60. The summed E-state index contributed by atoms with van der Waals surface area (Å²) in [5.41, 5.74) is 1.18. The summed E-state index contributed by atoms with van der Waals surface area (Å²) in [7, 11) is 0. The fourth-order valence-electron chi connectivity index (χ4n) is 2.03. The molecule has 6 nitrogen and oxygen atoms in total. The zero-order valence-electron chi connectivity index (χ0n) is 11.0. The van der Waals surface area contributed by atoms with Crippen molar-refractivity contribution in [2.24, 2.45) is 0 Å². The molecule has 0 atom stereocenters. The summed E-state index contributed by atoms with van der Waals surface area (Å²) in [6.07, 6.45) is 0.692. The van der Waals surface area contributed by atoms with Gasteiger partial charge in [0.15, 0.2) is 6.29 Å². The first-order valence-electron chi connectivity index (χ1n) is 5.86. The predicted octanol–water partition coefficient (Wildman–Crippen LogP) is 2.41. The maximum absolute atomic E-state index is 14.0. The van der Waals surface area contributed by atoms with Gasteiger partial charge in [0.1, 0.15) is 0 Å². The van der Waals surface area contributed by atoms with E-state index in [2.05, 4.69) is 5.10 Å². The van der Waals surface area contributed by atoms with Gasteiger partial charge < -0.3 is 0 Å². The Balaban J connectivity index is 2.43. The van der Waals surface area contributed by atoms with Crippen molar-refractivity contribution >= 4 is 12.0 Å². The third-order valence-electron chi connectivity index (χ3n) is 3.13. The second kappa shape index (κ2) is 5.20. The van der Waals surface area contributed by atoms with Gasteiger partial charge >= 0.3 is 5.69 Å². The number of carbonyl (C=O) groups excluding carboxylic acids is 1. The number of carbonyl (C=O) groups is 1. The van der Waals surface area contributed by atoms with Gasteiger partial charge in [-0.1, -0.05) is 12.1 Å². The van der Waals surface area contributed by atoms with E-state index in [0.717, 1.165) is 6.07 Å². The lowest BCUT2D eigenvalue weighted by atomic mass is 10.1. The number of aromatic nitrogens is 2. The Hall–Kier alpha value is -2.57. The fourth-order valence-corrected chi connectivity index (χ4v) is 2.03. The second-order valence-corrected chi connectivity index (χ2v) is 4.37. The van der Waals surface area contributed by atoms with Gasteiger partial charge in [0.05, 0.1) is 22.7 Å². The van der Waals surface area contributed by atoms with Gasteiger partial charge in [0.25, 0.3) is 0 Å². The van der Waals surface area contributed by atoms with E-state index in [1.807, 2.05) is 0 Å². The largest absolute Gasteiger partial charge is 0.305 e. The Bertz CT molecular complexity index is 694. The van der Waals surface area contributed by atoms with Crippen LogP contribution in [0.3, 0.4) is 0 Å². The Morgan fingerprint density at radius 1 is 1.45 bits per heavy atom. The molecule has 0 aliphatic rings. The first kappa shape index (κ1) is 13.9. The van der Waals surface area contributed by atoms with Gasteiger partial charge in [-0.25, -0.2) is 0 Å². The minimum absolute atomic E-state index is 0.0357. The number of aryl methyl sites for hydroxylation is 1. The third kappa shape index (κ3) is 2.29. The van der Waals surface area contributed by atoms with Crippen LogP contribution in [0.5, 0.6) is 0 Å². The van der Waals surface area contributed by atoms with Crippen molar-refractivity contribution in [3.8, 4) is 0 Å². The van der Waals surface area contributed by atoms with Crippen LogP contribution >= 0.6 is 0 Å². The van der Waals surface area contributed by atoms with E-state index in [0.29, 0.717) is 23.2 Å². The number of benzene rings is 1. The van der Waals surface area contributed by atoms with Crippen LogP contribution in [0.15, 0.2) is 18.2 Å². The number of hydrogen-bond acceptors (Lipinski definition) is 4. The third-order valence-corrected chi connectivity index (χ3v) is 3.13. The van der Waals surface area contributed by atoms with Gasteiger partial charge in [-0.05, 0) is 13.8 Å². The van der Waals surface area contributed by atoms with E-state index in [9.17, 15) is 19.3 Å². The first-order valence-corrected chi connectivity index (χ1v) is 5.86. The predicted molar refractivity (Wildman–Crippen MR) is 69.2 cm³/mol. The van der Waals surface area contributed by atoms with Gasteiger partial charge in [-0.15, -0.1) is 0 Å². The molecule has 0 N–H and O–H groups in total. The van der Waals surface area contributed by atoms with Crippen molar-refractivity contribution in [2.75, 3.05) is 0 Å². The average molecular weight is 277 g/mol. The number of nitrogens with zero attached hydrogens (tertiary/aromatic N) is 3. The van der Waals surface area contributed by atoms with Crippen LogP contribution in [-0.4, -0.2) is 21.0 Å². The summed E-state index contributed by atoms with van der Waals surface area (Å²) >= 11 is 0. The molecule has 0 aliphatic carbocycles. The van der Waals surface area contributed by atoms with E-state index in [1.165, 1.54) is 16.8 Å². The molecular weight excluding hydrogens is 265 g/mol. The number of rotatable bonds is 4. The molecule has 104 valence electrons. The van der Waals surface area contributed by atoms with Crippen molar-refractivity contribution in [1.82, 2.24) is 9.78 Å². The Labute approximate surface area is 114 Å². The highest BCUT2D eigenvalue weighted by molar-refractivity contribution is 5.78. The smallest absolute Gasteiger partial charge is 0.298 e. The molecule has 20 heavy (non-hydrogen) atoms. The highest BCUT2D eigenvalue weighted by Crippen LogP contribution is 2.21. The first-order chi connectivity index (χ1) is 9.45.